The van der Waals surface area contributed by atoms with Gasteiger partial charge in [0, 0.05) is 7.05 Å². The highest BCUT2D eigenvalue weighted by Gasteiger charge is 2.58. The van der Waals surface area contributed by atoms with Crippen LogP contribution in [0.3, 0.4) is 0 Å². The molecule has 2 aliphatic heterocycles. The van der Waals surface area contributed by atoms with E-state index in [4.69, 9.17) is 18.4 Å². The van der Waals surface area contributed by atoms with Gasteiger partial charge in [0.15, 0.2) is 17.7 Å². The second kappa shape index (κ2) is 8.38. The fourth-order valence-corrected chi connectivity index (χ4v) is 4.69. The van der Waals surface area contributed by atoms with E-state index in [2.05, 4.69) is 31.8 Å². The molecular weight excluding hydrogens is 450 g/mol. The molecule has 0 bridgehead atoms. The highest BCUT2D eigenvalue weighted by atomic mass is 32.2. The zero-order chi connectivity index (χ0) is 23.2. The summed E-state index contributed by atoms with van der Waals surface area (Å²) in [6.45, 7) is 3.50. The summed E-state index contributed by atoms with van der Waals surface area (Å²) in [6, 6.07) is 10.1. The molecule has 2 saturated heterocycles. The largest absolute Gasteiger partial charge is 0.340 e. The average Bonchev–Trinajstić information content (AvgIpc) is 3.44. The number of nitrogens with one attached hydrogen (secondary N) is 1. The van der Waals surface area contributed by atoms with Gasteiger partial charge >= 0.3 is 10.3 Å². The maximum atomic E-state index is 12.0. The van der Waals surface area contributed by atoms with Gasteiger partial charge in [-0.2, -0.15) is 13.1 Å². The number of aryl methyl sites for hydroxylation is 2. The monoisotopic (exact) mass is 475 g/mol. The van der Waals surface area contributed by atoms with E-state index in [0.717, 1.165) is 12.1 Å². The number of ether oxygens (including phenoxy) is 3. The van der Waals surface area contributed by atoms with Crippen LogP contribution in [0.5, 0.6) is 0 Å². The third-order valence-corrected chi connectivity index (χ3v) is 6.60. The fourth-order valence-electron chi connectivity index (χ4n) is 4.19. The van der Waals surface area contributed by atoms with Crippen molar-refractivity contribution in [2.75, 3.05) is 7.05 Å². The fraction of sp³-hybridized carbons (Fsp3) is 0.476. The van der Waals surface area contributed by atoms with Crippen molar-refractivity contribution in [1.82, 2.24) is 24.2 Å². The second-order valence-electron chi connectivity index (χ2n) is 8.34. The number of hydrogen-bond acceptors (Lipinski definition) is 9. The highest BCUT2D eigenvalue weighted by molar-refractivity contribution is 7.84. The zero-order valence-corrected chi connectivity index (χ0v) is 19.2. The average molecular weight is 476 g/mol. The smallest absolute Gasteiger partial charge is 0.338 e. The molecule has 0 spiro atoms. The van der Waals surface area contributed by atoms with Crippen molar-refractivity contribution in [2.24, 2.45) is 0 Å². The lowest BCUT2D eigenvalue weighted by atomic mass is 10.1. The first-order valence-corrected chi connectivity index (χ1v) is 12.0. The quantitative estimate of drug-likeness (QED) is 0.540. The van der Waals surface area contributed by atoms with E-state index in [1.165, 1.54) is 18.9 Å². The lowest BCUT2D eigenvalue weighted by molar-refractivity contribution is -0.223. The third-order valence-electron chi connectivity index (χ3n) is 5.66. The van der Waals surface area contributed by atoms with Crippen molar-refractivity contribution >= 4 is 21.5 Å². The van der Waals surface area contributed by atoms with Gasteiger partial charge in [-0.3, -0.25) is 4.57 Å². The normalized spacial score (nSPS) is 26.6. The van der Waals surface area contributed by atoms with Crippen molar-refractivity contribution in [3.63, 3.8) is 0 Å². The molecule has 2 fully saturated rings. The van der Waals surface area contributed by atoms with Crippen LogP contribution in [0.1, 0.15) is 31.3 Å². The molecule has 0 saturated carbocycles. The summed E-state index contributed by atoms with van der Waals surface area (Å²) in [4.78, 5) is 13.4. The maximum absolute atomic E-state index is 12.0. The van der Waals surface area contributed by atoms with Crippen LogP contribution in [0, 0.1) is 0 Å². The van der Waals surface area contributed by atoms with E-state index in [1.54, 1.807) is 24.7 Å². The summed E-state index contributed by atoms with van der Waals surface area (Å²) in [6.07, 6.45) is 1.25. The Kier molecular flexibility index (Phi) is 5.67. The number of fused-ring (bicyclic) bond motifs is 2. The first-order valence-electron chi connectivity index (χ1n) is 10.6. The number of rotatable bonds is 7. The second-order valence-corrected chi connectivity index (χ2v) is 9.85. The summed E-state index contributed by atoms with van der Waals surface area (Å²) in [7, 11) is -2.76. The third kappa shape index (κ3) is 4.37. The van der Waals surface area contributed by atoms with Crippen molar-refractivity contribution in [3.8, 4) is 0 Å². The van der Waals surface area contributed by atoms with Crippen LogP contribution >= 0.6 is 0 Å². The SMILES string of the molecule is CNS(=O)(=O)O[C@H]1O[C@@H](n2cnc3c(CCc4ccccc4)ncnc32)[C@@H]2OC(C)(C)O[C@@H]12. The Morgan fingerprint density at radius 3 is 2.61 bits per heavy atom. The lowest BCUT2D eigenvalue weighted by Gasteiger charge is -2.24. The first kappa shape index (κ1) is 22.3. The van der Waals surface area contributed by atoms with Crippen LogP contribution in [-0.2, 0) is 41.5 Å². The summed E-state index contributed by atoms with van der Waals surface area (Å²) in [5.41, 5.74) is 3.22. The predicted molar refractivity (Wildman–Crippen MR) is 116 cm³/mol. The van der Waals surface area contributed by atoms with Gasteiger partial charge in [0.2, 0.25) is 6.29 Å². The molecule has 33 heavy (non-hydrogen) atoms. The molecule has 5 rings (SSSR count). The van der Waals surface area contributed by atoms with E-state index >= 15 is 0 Å². The first-order chi connectivity index (χ1) is 15.8. The Bertz CT molecular complexity index is 1250. The molecule has 11 nitrogen and oxygen atoms in total. The number of nitrogens with zero attached hydrogens (tertiary/aromatic N) is 4. The molecule has 1 N–H and O–H groups in total. The van der Waals surface area contributed by atoms with Gasteiger partial charge in [-0.25, -0.2) is 19.1 Å². The molecular formula is C21H25N5O6S. The molecule has 0 radical (unpaired) electrons. The van der Waals surface area contributed by atoms with E-state index in [1.807, 2.05) is 18.2 Å². The Labute approximate surface area is 191 Å². The number of benzene rings is 1. The summed E-state index contributed by atoms with van der Waals surface area (Å²) in [5.74, 6) is -0.936. The van der Waals surface area contributed by atoms with Gasteiger partial charge in [0.05, 0.1) is 12.0 Å². The number of aromatic nitrogens is 4. The van der Waals surface area contributed by atoms with Gasteiger partial charge in [0.1, 0.15) is 24.1 Å². The van der Waals surface area contributed by atoms with Crippen molar-refractivity contribution in [2.45, 2.75) is 57.2 Å². The van der Waals surface area contributed by atoms with Crippen molar-refractivity contribution < 1.29 is 26.8 Å². The van der Waals surface area contributed by atoms with Crippen LogP contribution in [-0.4, -0.2) is 59.3 Å². The summed E-state index contributed by atoms with van der Waals surface area (Å²) >= 11 is 0. The van der Waals surface area contributed by atoms with Gasteiger partial charge in [-0.05, 0) is 32.3 Å². The van der Waals surface area contributed by atoms with Crippen LogP contribution in [0.4, 0.5) is 0 Å². The molecule has 1 aromatic carbocycles. The minimum Gasteiger partial charge on any atom is -0.340 e. The van der Waals surface area contributed by atoms with Crippen molar-refractivity contribution in [3.05, 3.63) is 54.2 Å². The molecule has 3 aromatic rings. The zero-order valence-electron chi connectivity index (χ0n) is 18.4. The molecule has 4 heterocycles. The van der Waals surface area contributed by atoms with E-state index < -0.39 is 40.8 Å². The molecule has 176 valence electrons. The molecule has 2 aromatic heterocycles. The molecule has 0 amide bonds. The van der Waals surface area contributed by atoms with E-state index in [-0.39, 0.29) is 0 Å². The Morgan fingerprint density at radius 1 is 1.09 bits per heavy atom. The lowest BCUT2D eigenvalue weighted by Crippen LogP contribution is -2.36. The van der Waals surface area contributed by atoms with Crippen LogP contribution in [0.25, 0.3) is 11.2 Å². The Hall–Kier alpha value is -2.48. The molecule has 2 aliphatic rings. The Morgan fingerprint density at radius 2 is 1.85 bits per heavy atom. The van der Waals surface area contributed by atoms with Crippen molar-refractivity contribution in [1.29, 1.82) is 0 Å². The number of imidazole rings is 1. The Balaban J connectivity index is 1.44. The van der Waals surface area contributed by atoms with Gasteiger partial charge in [-0.15, -0.1) is 0 Å². The van der Waals surface area contributed by atoms with Gasteiger partial charge < -0.3 is 14.2 Å². The van der Waals surface area contributed by atoms with E-state index in [0.29, 0.717) is 17.6 Å². The predicted octanol–water partition coefficient (Wildman–Crippen LogP) is 1.47. The van der Waals surface area contributed by atoms with Crippen LogP contribution < -0.4 is 4.72 Å². The van der Waals surface area contributed by atoms with Gasteiger partial charge in [-0.1, -0.05) is 30.3 Å². The van der Waals surface area contributed by atoms with Gasteiger partial charge in [0.25, 0.3) is 0 Å². The van der Waals surface area contributed by atoms with E-state index in [9.17, 15) is 8.42 Å². The van der Waals surface area contributed by atoms with Crippen LogP contribution in [0.2, 0.25) is 0 Å². The molecule has 12 heteroatoms. The summed E-state index contributed by atoms with van der Waals surface area (Å²) in [5, 5.41) is 0. The summed E-state index contributed by atoms with van der Waals surface area (Å²) < 4.78 is 50.9. The molecule has 0 unspecified atom stereocenters. The van der Waals surface area contributed by atoms with Crippen LogP contribution in [0.15, 0.2) is 43.0 Å². The number of hydrogen-bond donors (Lipinski definition) is 1. The minimum absolute atomic E-state index is 0.558. The highest BCUT2D eigenvalue weighted by Crippen LogP contribution is 2.44. The molecule has 4 atom stereocenters. The molecule has 0 aliphatic carbocycles. The topological polar surface area (TPSA) is 127 Å². The standard InChI is InChI=1S/C21H25N5O6S/c1-21(2)30-16-17(31-21)20(32-33(27,28)22-3)29-19(16)26-12-25-15-14(23-11-24-18(15)26)10-9-13-7-5-4-6-8-13/h4-8,11-12,16-17,19-20,22H,9-10H2,1-3H3/t16-,17-,19-,20-/m1/s1. The maximum Gasteiger partial charge on any atom is 0.338 e. The minimum atomic E-state index is -4.02.